The highest BCUT2D eigenvalue weighted by Gasteiger charge is 2.25. The van der Waals surface area contributed by atoms with Gasteiger partial charge in [-0.3, -0.25) is 0 Å². The van der Waals surface area contributed by atoms with E-state index in [1.165, 1.54) is 29.3 Å². The van der Waals surface area contributed by atoms with E-state index in [1.54, 1.807) is 0 Å². The van der Waals surface area contributed by atoms with E-state index in [9.17, 15) is 0 Å². The first-order valence-electron chi connectivity index (χ1n) is 4.42. The first-order chi connectivity index (χ1) is 5.90. The lowest BCUT2D eigenvalue weighted by Gasteiger charge is -1.91. The van der Waals surface area contributed by atoms with E-state index >= 15 is 0 Å². The second-order valence-electron chi connectivity index (χ2n) is 3.08. The van der Waals surface area contributed by atoms with Crippen LogP contribution in [0.1, 0.15) is 36.4 Å². The Bertz CT molecular complexity index is 253. The van der Waals surface area contributed by atoms with Crippen LogP contribution < -0.4 is 0 Å². The number of hydrogen-bond donors (Lipinski definition) is 0. The first kappa shape index (κ1) is 8.57. The maximum Gasteiger partial charge on any atom is 0.103 e. The van der Waals surface area contributed by atoms with Crippen molar-refractivity contribution in [2.45, 2.75) is 31.4 Å². The summed E-state index contributed by atoms with van der Waals surface area (Å²) in [7, 11) is 0. The second-order valence-corrected chi connectivity index (χ2v) is 5.29. The minimum atomic E-state index is 0.821. The minimum absolute atomic E-state index is 0.821. The molecular formula is C9H13NS2. The van der Waals surface area contributed by atoms with Gasteiger partial charge in [-0.05, 0) is 18.6 Å². The Labute approximate surface area is 81.6 Å². The summed E-state index contributed by atoms with van der Waals surface area (Å²) < 4.78 is 0. The molecule has 0 atom stereocenters. The van der Waals surface area contributed by atoms with Crippen molar-refractivity contribution in [1.29, 1.82) is 0 Å². The maximum absolute atomic E-state index is 4.61. The third-order valence-corrected chi connectivity index (χ3v) is 3.93. The molecule has 12 heavy (non-hydrogen) atoms. The topological polar surface area (TPSA) is 12.9 Å². The molecule has 0 aromatic carbocycles. The Morgan fingerprint density at radius 1 is 1.67 bits per heavy atom. The Kier molecular flexibility index (Phi) is 2.71. The number of thioether (sulfide) groups is 1. The van der Waals surface area contributed by atoms with Crippen molar-refractivity contribution in [1.82, 2.24) is 4.98 Å². The third kappa shape index (κ3) is 2.02. The van der Waals surface area contributed by atoms with Crippen molar-refractivity contribution in [3.8, 4) is 0 Å². The van der Waals surface area contributed by atoms with Gasteiger partial charge in [0, 0.05) is 17.1 Å². The van der Waals surface area contributed by atoms with Crippen LogP contribution in [0.15, 0.2) is 5.38 Å². The highest BCUT2D eigenvalue weighted by atomic mass is 32.2. The van der Waals surface area contributed by atoms with Crippen LogP contribution in [0, 0.1) is 0 Å². The predicted octanol–water partition coefficient (Wildman–Crippen LogP) is 3.27. The zero-order chi connectivity index (χ0) is 8.39. The molecule has 3 heteroatoms. The fourth-order valence-electron chi connectivity index (χ4n) is 1.15. The quantitative estimate of drug-likeness (QED) is 0.738. The monoisotopic (exact) mass is 199 g/mol. The summed E-state index contributed by atoms with van der Waals surface area (Å²) in [4.78, 5) is 4.61. The molecule has 0 unspecified atom stereocenters. The Balaban J connectivity index is 1.93. The normalized spacial score (nSPS) is 16.8. The van der Waals surface area contributed by atoms with Gasteiger partial charge in [0.2, 0.25) is 0 Å². The molecule has 0 amide bonds. The van der Waals surface area contributed by atoms with E-state index in [-0.39, 0.29) is 0 Å². The molecule has 0 bridgehead atoms. The van der Waals surface area contributed by atoms with Crippen molar-refractivity contribution in [2.75, 3.05) is 5.75 Å². The highest BCUT2D eigenvalue weighted by Crippen LogP contribution is 2.40. The summed E-state index contributed by atoms with van der Waals surface area (Å²) >= 11 is 3.78. The Morgan fingerprint density at radius 3 is 3.17 bits per heavy atom. The highest BCUT2D eigenvalue weighted by molar-refractivity contribution is 7.98. The van der Waals surface area contributed by atoms with Gasteiger partial charge in [0.15, 0.2) is 0 Å². The van der Waals surface area contributed by atoms with Gasteiger partial charge in [-0.15, -0.1) is 11.3 Å². The largest absolute Gasteiger partial charge is 0.245 e. The summed E-state index contributed by atoms with van der Waals surface area (Å²) in [6, 6.07) is 0. The lowest BCUT2D eigenvalue weighted by molar-refractivity contribution is 1.03. The van der Waals surface area contributed by atoms with Gasteiger partial charge in [-0.2, -0.15) is 11.8 Å². The molecule has 2 rings (SSSR count). The third-order valence-electron chi connectivity index (χ3n) is 1.99. The smallest absolute Gasteiger partial charge is 0.103 e. The lowest BCUT2D eigenvalue weighted by Crippen LogP contribution is -1.82. The first-order valence-corrected chi connectivity index (χ1v) is 6.45. The average Bonchev–Trinajstić information content (AvgIpc) is 2.83. The molecule has 1 nitrogen and oxygen atoms in total. The molecule has 0 saturated heterocycles. The number of nitrogens with zero attached hydrogens (tertiary/aromatic N) is 1. The molecule has 1 saturated carbocycles. The molecular weight excluding hydrogens is 186 g/mol. The molecule has 1 aromatic rings. The number of thiazole rings is 1. The van der Waals surface area contributed by atoms with Gasteiger partial charge in [0.25, 0.3) is 0 Å². The molecule has 0 aliphatic heterocycles. The summed E-state index contributed by atoms with van der Waals surface area (Å²) in [6.07, 6.45) is 2.73. The molecule has 0 N–H and O–H groups in total. The van der Waals surface area contributed by atoms with Gasteiger partial charge in [0.05, 0.1) is 5.69 Å². The Hall–Kier alpha value is -0.0200. The molecule has 66 valence electrons. The average molecular weight is 199 g/mol. The van der Waals surface area contributed by atoms with Gasteiger partial charge in [-0.25, -0.2) is 4.98 Å². The van der Waals surface area contributed by atoms with Crippen LogP contribution in [0.25, 0.3) is 0 Å². The Morgan fingerprint density at radius 2 is 2.50 bits per heavy atom. The van der Waals surface area contributed by atoms with Crippen LogP contribution >= 0.6 is 23.1 Å². The van der Waals surface area contributed by atoms with E-state index in [2.05, 4.69) is 17.3 Å². The van der Waals surface area contributed by atoms with Gasteiger partial charge in [-0.1, -0.05) is 6.92 Å². The molecule has 1 aromatic heterocycles. The van der Waals surface area contributed by atoms with Crippen LogP contribution in [0.3, 0.4) is 0 Å². The van der Waals surface area contributed by atoms with Gasteiger partial charge < -0.3 is 0 Å². The van der Waals surface area contributed by atoms with Crippen molar-refractivity contribution in [3.05, 3.63) is 16.1 Å². The molecule has 0 spiro atoms. The minimum Gasteiger partial charge on any atom is -0.245 e. The second kappa shape index (κ2) is 3.79. The predicted molar refractivity (Wildman–Crippen MR) is 55.9 cm³/mol. The summed E-state index contributed by atoms with van der Waals surface area (Å²) in [5.74, 6) is 3.12. The molecule has 1 aliphatic carbocycles. The number of rotatable bonds is 4. The zero-order valence-electron chi connectivity index (χ0n) is 7.25. The summed E-state index contributed by atoms with van der Waals surface area (Å²) in [5.41, 5.74) is 1.35. The number of aromatic nitrogens is 1. The van der Waals surface area contributed by atoms with Crippen molar-refractivity contribution in [2.24, 2.45) is 0 Å². The molecule has 1 fully saturated rings. The SMILES string of the molecule is CCSCc1nc(C2CC2)cs1. The molecule has 1 aliphatic rings. The molecule has 0 radical (unpaired) electrons. The van der Waals surface area contributed by atoms with E-state index in [0.29, 0.717) is 0 Å². The maximum atomic E-state index is 4.61. The van der Waals surface area contributed by atoms with Crippen molar-refractivity contribution in [3.63, 3.8) is 0 Å². The number of hydrogen-bond acceptors (Lipinski definition) is 3. The molecule has 1 heterocycles. The van der Waals surface area contributed by atoms with E-state index in [0.717, 1.165) is 11.7 Å². The van der Waals surface area contributed by atoms with Crippen LogP contribution in [-0.4, -0.2) is 10.7 Å². The van der Waals surface area contributed by atoms with E-state index < -0.39 is 0 Å². The van der Waals surface area contributed by atoms with Crippen LogP contribution in [0.2, 0.25) is 0 Å². The fraction of sp³-hybridized carbons (Fsp3) is 0.667. The van der Waals surface area contributed by atoms with Crippen LogP contribution in [0.5, 0.6) is 0 Å². The fourth-order valence-corrected chi connectivity index (χ4v) is 2.77. The van der Waals surface area contributed by atoms with Gasteiger partial charge in [0.1, 0.15) is 5.01 Å². The van der Waals surface area contributed by atoms with Gasteiger partial charge >= 0.3 is 0 Å². The van der Waals surface area contributed by atoms with E-state index in [1.807, 2.05) is 23.1 Å². The van der Waals surface area contributed by atoms with Crippen molar-refractivity contribution < 1.29 is 0 Å². The zero-order valence-corrected chi connectivity index (χ0v) is 8.88. The standard InChI is InChI=1S/C9H13NS2/c1-2-11-6-9-10-8(5-12-9)7-3-4-7/h5,7H,2-4,6H2,1H3. The lowest BCUT2D eigenvalue weighted by atomic mass is 10.3. The van der Waals surface area contributed by atoms with E-state index in [4.69, 9.17) is 0 Å². The van der Waals surface area contributed by atoms with Crippen molar-refractivity contribution >= 4 is 23.1 Å². The summed E-state index contributed by atoms with van der Waals surface area (Å²) in [6.45, 7) is 2.19. The van der Waals surface area contributed by atoms with Crippen LogP contribution in [-0.2, 0) is 5.75 Å². The van der Waals surface area contributed by atoms with Crippen LogP contribution in [0.4, 0.5) is 0 Å². The summed E-state index contributed by atoms with van der Waals surface area (Å²) in [5, 5.41) is 3.55.